The molecular formula is C24H26FN3O3. The summed E-state index contributed by atoms with van der Waals surface area (Å²) in [5.41, 5.74) is 2.42. The molecule has 6 nitrogen and oxygen atoms in total. The number of hydrogen-bond donors (Lipinski definition) is 1. The topological polar surface area (TPSA) is 69.7 Å². The van der Waals surface area contributed by atoms with Gasteiger partial charge in [0.2, 0.25) is 11.8 Å². The van der Waals surface area contributed by atoms with Gasteiger partial charge in [0.05, 0.1) is 5.56 Å². The number of anilines is 1. The summed E-state index contributed by atoms with van der Waals surface area (Å²) in [6.07, 6.45) is 2.64. The Morgan fingerprint density at radius 1 is 1.06 bits per heavy atom. The molecule has 0 spiro atoms. The fourth-order valence-corrected chi connectivity index (χ4v) is 4.28. The van der Waals surface area contributed by atoms with Gasteiger partial charge in [0, 0.05) is 38.2 Å². The first-order chi connectivity index (χ1) is 15.0. The van der Waals surface area contributed by atoms with Crippen LogP contribution in [0.5, 0.6) is 0 Å². The molecule has 2 aromatic carbocycles. The van der Waals surface area contributed by atoms with Gasteiger partial charge in [-0.25, -0.2) is 4.39 Å². The third kappa shape index (κ3) is 4.31. The van der Waals surface area contributed by atoms with E-state index in [1.54, 1.807) is 17.9 Å². The van der Waals surface area contributed by atoms with Crippen molar-refractivity contribution < 1.29 is 18.8 Å². The molecule has 0 saturated carbocycles. The molecule has 2 aliphatic rings. The van der Waals surface area contributed by atoms with Crippen LogP contribution in [0.4, 0.5) is 10.1 Å². The van der Waals surface area contributed by atoms with E-state index in [1.807, 2.05) is 18.2 Å². The molecule has 0 aromatic heterocycles. The average molecular weight is 423 g/mol. The van der Waals surface area contributed by atoms with Crippen LogP contribution < -0.4 is 5.32 Å². The summed E-state index contributed by atoms with van der Waals surface area (Å²) < 4.78 is 14.4. The molecule has 0 radical (unpaired) electrons. The van der Waals surface area contributed by atoms with Gasteiger partial charge >= 0.3 is 0 Å². The molecule has 1 atom stereocenters. The molecule has 1 fully saturated rings. The molecule has 1 saturated heterocycles. The number of carbonyl (C=O) groups is 3. The van der Waals surface area contributed by atoms with Crippen LogP contribution in [0.3, 0.4) is 0 Å². The largest absolute Gasteiger partial charge is 0.341 e. The first-order valence-electron chi connectivity index (χ1n) is 10.7. The number of nitrogens with one attached hydrogen (secondary N) is 1. The van der Waals surface area contributed by atoms with Gasteiger partial charge in [-0.15, -0.1) is 0 Å². The standard InChI is InChI=1S/C24H26FN3O3/c1-2-22(29)26-18-10-9-16-14-21(24(31)27-11-5-6-12-27)28(15-17(16)13-18)23(30)19-7-3-4-8-20(19)25/h3-4,7-10,13,21H,2,5-6,11-12,14-15H2,1H3,(H,26,29)/t21-/m0/s1. The molecule has 0 unspecified atom stereocenters. The van der Waals surface area contributed by atoms with Crippen LogP contribution in [-0.2, 0) is 22.6 Å². The number of benzene rings is 2. The Morgan fingerprint density at radius 2 is 1.81 bits per heavy atom. The van der Waals surface area contributed by atoms with E-state index in [-0.39, 0.29) is 23.9 Å². The quantitative estimate of drug-likeness (QED) is 0.820. The zero-order chi connectivity index (χ0) is 22.0. The molecule has 3 amide bonds. The first-order valence-corrected chi connectivity index (χ1v) is 10.7. The summed E-state index contributed by atoms with van der Waals surface area (Å²) >= 11 is 0. The first kappa shape index (κ1) is 21.0. The molecule has 2 heterocycles. The van der Waals surface area contributed by atoms with E-state index in [0.717, 1.165) is 24.0 Å². The van der Waals surface area contributed by atoms with Gasteiger partial charge < -0.3 is 15.1 Å². The van der Waals surface area contributed by atoms with E-state index in [4.69, 9.17) is 0 Å². The molecular weight excluding hydrogens is 397 g/mol. The Bertz CT molecular complexity index is 1020. The second-order valence-corrected chi connectivity index (χ2v) is 8.05. The lowest BCUT2D eigenvalue weighted by Crippen LogP contribution is -2.53. The van der Waals surface area contributed by atoms with Crippen molar-refractivity contribution in [3.63, 3.8) is 0 Å². The highest BCUT2D eigenvalue weighted by Crippen LogP contribution is 2.29. The summed E-state index contributed by atoms with van der Waals surface area (Å²) in [4.78, 5) is 41.6. The van der Waals surface area contributed by atoms with Crippen molar-refractivity contribution in [3.8, 4) is 0 Å². The second-order valence-electron chi connectivity index (χ2n) is 8.05. The van der Waals surface area contributed by atoms with Crippen molar-refractivity contribution in [3.05, 3.63) is 65.0 Å². The zero-order valence-corrected chi connectivity index (χ0v) is 17.6. The minimum Gasteiger partial charge on any atom is -0.341 e. The van der Waals surface area contributed by atoms with Crippen LogP contribution in [0.1, 0.15) is 47.7 Å². The Balaban J connectivity index is 1.68. The number of likely N-dealkylation sites (tertiary alicyclic amines) is 1. The van der Waals surface area contributed by atoms with Gasteiger partial charge in [-0.1, -0.05) is 25.1 Å². The average Bonchev–Trinajstić information content (AvgIpc) is 3.32. The number of carbonyl (C=O) groups excluding carboxylic acids is 3. The van der Waals surface area contributed by atoms with Gasteiger partial charge in [0.25, 0.3) is 5.91 Å². The van der Waals surface area contributed by atoms with E-state index in [2.05, 4.69) is 5.32 Å². The second kappa shape index (κ2) is 8.88. The SMILES string of the molecule is CCC(=O)Nc1ccc2c(c1)CN(C(=O)c1ccccc1F)[C@H](C(=O)N1CCCC1)C2. The minimum atomic E-state index is -0.672. The van der Waals surface area contributed by atoms with Crippen LogP contribution in [0.15, 0.2) is 42.5 Å². The molecule has 2 aromatic rings. The summed E-state index contributed by atoms with van der Waals surface area (Å²) in [5, 5.41) is 2.83. The highest BCUT2D eigenvalue weighted by Gasteiger charge is 2.38. The van der Waals surface area contributed by atoms with Crippen LogP contribution in [-0.4, -0.2) is 46.7 Å². The maximum Gasteiger partial charge on any atom is 0.257 e. The molecule has 0 aliphatic carbocycles. The normalized spacial score (nSPS) is 17.9. The summed E-state index contributed by atoms with van der Waals surface area (Å²) in [6, 6.07) is 10.7. The summed E-state index contributed by atoms with van der Waals surface area (Å²) in [5.74, 6) is -1.28. The van der Waals surface area contributed by atoms with Crippen LogP contribution >= 0.6 is 0 Å². The maximum atomic E-state index is 14.4. The lowest BCUT2D eigenvalue weighted by Gasteiger charge is -2.38. The third-order valence-corrected chi connectivity index (χ3v) is 6.01. The van der Waals surface area contributed by atoms with Crippen molar-refractivity contribution in [1.82, 2.24) is 9.80 Å². The molecule has 1 N–H and O–H groups in total. The number of amides is 3. The third-order valence-electron chi connectivity index (χ3n) is 6.01. The van der Waals surface area contributed by atoms with Crippen LogP contribution in [0.2, 0.25) is 0 Å². The Morgan fingerprint density at radius 3 is 2.52 bits per heavy atom. The van der Waals surface area contributed by atoms with Gasteiger partial charge in [-0.05, 0) is 48.2 Å². The molecule has 4 rings (SSSR count). The number of nitrogens with zero attached hydrogens (tertiary/aromatic N) is 2. The predicted octanol–water partition coefficient (Wildman–Crippen LogP) is 3.36. The maximum absolute atomic E-state index is 14.4. The Hall–Kier alpha value is -3.22. The van der Waals surface area contributed by atoms with Crippen LogP contribution in [0, 0.1) is 5.82 Å². The van der Waals surface area contributed by atoms with Crippen molar-refractivity contribution in [2.24, 2.45) is 0 Å². The van der Waals surface area contributed by atoms with Gasteiger partial charge in [-0.2, -0.15) is 0 Å². The van der Waals surface area contributed by atoms with Crippen molar-refractivity contribution in [2.45, 2.75) is 45.2 Å². The van der Waals surface area contributed by atoms with Crippen LogP contribution in [0.25, 0.3) is 0 Å². The zero-order valence-electron chi connectivity index (χ0n) is 17.6. The van der Waals surface area contributed by atoms with E-state index in [1.165, 1.54) is 23.1 Å². The molecule has 7 heteroatoms. The molecule has 162 valence electrons. The molecule has 2 aliphatic heterocycles. The number of halogens is 1. The monoisotopic (exact) mass is 423 g/mol. The predicted molar refractivity (Wildman–Crippen MR) is 115 cm³/mol. The molecule has 0 bridgehead atoms. The van der Waals surface area contributed by atoms with E-state index >= 15 is 0 Å². The lowest BCUT2D eigenvalue weighted by atomic mass is 9.92. The molecule has 31 heavy (non-hydrogen) atoms. The van der Waals surface area contributed by atoms with Gasteiger partial charge in [0.1, 0.15) is 11.9 Å². The van der Waals surface area contributed by atoms with E-state index in [0.29, 0.717) is 31.6 Å². The Kier molecular flexibility index (Phi) is 6.02. The van der Waals surface area contributed by atoms with Crippen molar-refractivity contribution in [2.75, 3.05) is 18.4 Å². The number of fused-ring (bicyclic) bond motifs is 1. The van der Waals surface area contributed by atoms with Crippen molar-refractivity contribution >= 4 is 23.4 Å². The van der Waals surface area contributed by atoms with Gasteiger partial charge in [0.15, 0.2) is 0 Å². The van der Waals surface area contributed by atoms with Crippen molar-refractivity contribution in [1.29, 1.82) is 0 Å². The summed E-state index contributed by atoms with van der Waals surface area (Å²) in [7, 11) is 0. The lowest BCUT2D eigenvalue weighted by molar-refractivity contribution is -0.135. The van der Waals surface area contributed by atoms with E-state index in [9.17, 15) is 18.8 Å². The highest BCUT2D eigenvalue weighted by molar-refractivity contribution is 5.98. The fourth-order valence-electron chi connectivity index (χ4n) is 4.28. The smallest absolute Gasteiger partial charge is 0.257 e. The fraction of sp³-hybridized carbons (Fsp3) is 0.375. The summed E-state index contributed by atoms with van der Waals surface area (Å²) in [6.45, 7) is 3.33. The number of rotatable bonds is 4. The van der Waals surface area contributed by atoms with Gasteiger partial charge in [-0.3, -0.25) is 14.4 Å². The minimum absolute atomic E-state index is 0.0411. The number of hydrogen-bond acceptors (Lipinski definition) is 3. The Labute approximate surface area is 181 Å². The highest BCUT2D eigenvalue weighted by atomic mass is 19.1. The van der Waals surface area contributed by atoms with E-state index < -0.39 is 17.8 Å².